The Kier molecular flexibility index (Phi) is 5.23. The van der Waals surface area contributed by atoms with Crippen LogP contribution in [0.1, 0.15) is 13.8 Å². The molecule has 7 nitrogen and oxygen atoms in total. The predicted molar refractivity (Wildman–Crippen MR) is 69.7 cm³/mol. The van der Waals surface area contributed by atoms with Crippen LogP contribution in [-0.2, 0) is 9.59 Å². The van der Waals surface area contributed by atoms with E-state index in [1.165, 1.54) is 0 Å². The molecule has 1 aromatic heterocycles. The van der Waals surface area contributed by atoms with Crippen LogP contribution in [0.4, 0.5) is 5.95 Å². The summed E-state index contributed by atoms with van der Waals surface area (Å²) in [5, 5.41) is 11.5. The minimum atomic E-state index is -0.937. The molecule has 1 aromatic rings. The summed E-state index contributed by atoms with van der Waals surface area (Å²) < 4.78 is 0. The Balaban J connectivity index is 2.50. The number of carboxylic acid groups (broad SMARTS) is 1. The monoisotopic (exact) mass is 266 g/mol. The quantitative estimate of drug-likeness (QED) is 0.760. The zero-order chi connectivity index (χ0) is 14.4. The molecule has 0 aromatic carbocycles. The molecule has 0 aliphatic rings. The van der Waals surface area contributed by atoms with E-state index in [9.17, 15) is 9.59 Å². The molecular formula is C12H18N4O3. The molecule has 0 radical (unpaired) electrons. The van der Waals surface area contributed by atoms with Gasteiger partial charge in [0.1, 0.15) is 0 Å². The molecular weight excluding hydrogens is 248 g/mol. The number of rotatable bonds is 6. The average molecular weight is 266 g/mol. The van der Waals surface area contributed by atoms with Crippen molar-refractivity contribution in [2.24, 2.45) is 5.92 Å². The van der Waals surface area contributed by atoms with E-state index in [2.05, 4.69) is 15.3 Å². The molecule has 19 heavy (non-hydrogen) atoms. The van der Waals surface area contributed by atoms with Gasteiger partial charge in [-0.1, -0.05) is 0 Å². The third-order valence-corrected chi connectivity index (χ3v) is 2.80. The number of carboxylic acids is 1. The molecule has 0 fully saturated rings. The Labute approximate surface area is 111 Å². The molecule has 1 rings (SSSR count). The number of carbonyl (C=O) groups is 2. The van der Waals surface area contributed by atoms with Crippen molar-refractivity contribution >= 4 is 17.8 Å². The van der Waals surface area contributed by atoms with Gasteiger partial charge in [0, 0.05) is 25.5 Å². The van der Waals surface area contributed by atoms with Crippen LogP contribution in [0.3, 0.4) is 0 Å². The minimum Gasteiger partial charge on any atom is -0.481 e. The molecule has 0 saturated carbocycles. The lowest BCUT2D eigenvalue weighted by atomic mass is 10.0. The number of amides is 1. The zero-order valence-corrected chi connectivity index (χ0v) is 11.2. The second-order valence-electron chi connectivity index (χ2n) is 4.39. The van der Waals surface area contributed by atoms with E-state index in [1.807, 2.05) is 0 Å². The van der Waals surface area contributed by atoms with Crippen molar-refractivity contribution in [3.8, 4) is 0 Å². The molecule has 0 aliphatic carbocycles. The third-order valence-electron chi connectivity index (χ3n) is 2.80. The van der Waals surface area contributed by atoms with Crippen LogP contribution in [0.25, 0.3) is 0 Å². The highest BCUT2D eigenvalue weighted by Gasteiger charge is 2.21. The molecule has 0 spiro atoms. The van der Waals surface area contributed by atoms with E-state index < -0.39 is 17.9 Å². The number of aromatic nitrogens is 2. The van der Waals surface area contributed by atoms with Crippen molar-refractivity contribution in [1.29, 1.82) is 0 Å². The number of nitrogens with zero attached hydrogens (tertiary/aromatic N) is 3. The first-order chi connectivity index (χ1) is 8.91. The molecule has 0 bridgehead atoms. The maximum Gasteiger partial charge on any atom is 0.308 e. The smallest absolute Gasteiger partial charge is 0.308 e. The summed E-state index contributed by atoms with van der Waals surface area (Å²) in [5.74, 6) is -1.40. The second kappa shape index (κ2) is 6.67. The Bertz CT molecular complexity index is 438. The lowest BCUT2D eigenvalue weighted by Crippen LogP contribution is -2.44. The fraction of sp³-hybridized carbons (Fsp3) is 0.500. The van der Waals surface area contributed by atoms with E-state index in [1.54, 1.807) is 44.3 Å². The van der Waals surface area contributed by atoms with Gasteiger partial charge in [0.2, 0.25) is 11.9 Å². The van der Waals surface area contributed by atoms with Gasteiger partial charge in [-0.3, -0.25) is 9.59 Å². The number of likely N-dealkylation sites (N-methyl/N-ethyl adjacent to an activating group) is 1. The SMILES string of the molecule is CC(NC(=O)CN(C)c1ncccn1)C(C)C(=O)O. The van der Waals surface area contributed by atoms with Crippen LogP contribution < -0.4 is 10.2 Å². The average Bonchev–Trinajstić information content (AvgIpc) is 2.38. The van der Waals surface area contributed by atoms with Crippen LogP contribution in [0.5, 0.6) is 0 Å². The Hall–Kier alpha value is -2.18. The lowest BCUT2D eigenvalue weighted by molar-refractivity contribution is -0.142. The van der Waals surface area contributed by atoms with Crippen molar-refractivity contribution < 1.29 is 14.7 Å². The van der Waals surface area contributed by atoms with Gasteiger partial charge >= 0.3 is 5.97 Å². The number of nitrogens with one attached hydrogen (secondary N) is 1. The van der Waals surface area contributed by atoms with Crippen LogP contribution in [0, 0.1) is 5.92 Å². The van der Waals surface area contributed by atoms with E-state index in [4.69, 9.17) is 5.11 Å². The maximum absolute atomic E-state index is 11.8. The number of hydrogen-bond acceptors (Lipinski definition) is 5. The molecule has 104 valence electrons. The molecule has 0 saturated heterocycles. The van der Waals surface area contributed by atoms with Crippen LogP contribution in [0.15, 0.2) is 18.5 Å². The second-order valence-corrected chi connectivity index (χ2v) is 4.39. The highest BCUT2D eigenvalue weighted by Crippen LogP contribution is 2.04. The molecule has 0 aliphatic heterocycles. The maximum atomic E-state index is 11.8. The standard InChI is InChI=1S/C12H18N4O3/c1-8(11(18)19)9(2)15-10(17)7-16(3)12-13-5-4-6-14-12/h4-6,8-9H,7H2,1-3H3,(H,15,17)(H,18,19). The van der Waals surface area contributed by atoms with Gasteiger partial charge in [-0.05, 0) is 19.9 Å². The zero-order valence-electron chi connectivity index (χ0n) is 11.2. The van der Waals surface area contributed by atoms with Crippen molar-refractivity contribution in [3.05, 3.63) is 18.5 Å². The van der Waals surface area contributed by atoms with Gasteiger partial charge in [-0.2, -0.15) is 0 Å². The van der Waals surface area contributed by atoms with Crippen LogP contribution in [-0.4, -0.2) is 46.6 Å². The van der Waals surface area contributed by atoms with Crippen LogP contribution in [0.2, 0.25) is 0 Å². The summed E-state index contributed by atoms with van der Waals surface area (Å²) in [6, 6.07) is 1.25. The first-order valence-corrected chi connectivity index (χ1v) is 5.92. The molecule has 1 amide bonds. The highest BCUT2D eigenvalue weighted by molar-refractivity contribution is 5.81. The lowest BCUT2D eigenvalue weighted by Gasteiger charge is -2.20. The molecule has 7 heteroatoms. The van der Waals surface area contributed by atoms with E-state index in [0.29, 0.717) is 5.95 Å². The molecule has 2 atom stereocenters. The first kappa shape index (κ1) is 14.9. The summed E-state index contributed by atoms with van der Waals surface area (Å²) in [7, 11) is 1.69. The van der Waals surface area contributed by atoms with Gasteiger partial charge in [0.25, 0.3) is 0 Å². The number of aliphatic carboxylic acids is 1. The number of carbonyl (C=O) groups excluding carboxylic acids is 1. The fourth-order valence-electron chi connectivity index (χ4n) is 1.41. The molecule has 2 unspecified atom stereocenters. The minimum absolute atomic E-state index is 0.0701. The first-order valence-electron chi connectivity index (χ1n) is 5.92. The predicted octanol–water partition coefficient (Wildman–Crippen LogP) is 0.138. The van der Waals surface area contributed by atoms with E-state index >= 15 is 0 Å². The summed E-state index contributed by atoms with van der Waals surface area (Å²) in [6.07, 6.45) is 3.18. The Morgan fingerprint density at radius 1 is 1.37 bits per heavy atom. The van der Waals surface area contributed by atoms with Crippen molar-refractivity contribution in [2.75, 3.05) is 18.5 Å². The molecule has 1 heterocycles. The van der Waals surface area contributed by atoms with Gasteiger partial charge in [0.05, 0.1) is 12.5 Å². The van der Waals surface area contributed by atoms with Gasteiger partial charge < -0.3 is 15.3 Å². The Morgan fingerprint density at radius 2 is 1.95 bits per heavy atom. The summed E-state index contributed by atoms with van der Waals surface area (Å²) in [4.78, 5) is 32.2. The normalized spacial score (nSPS) is 13.4. The van der Waals surface area contributed by atoms with Crippen molar-refractivity contribution in [3.63, 3.8) is 0 Å². The van der Waals surface area contributed by atoms with Gasteiger partial charge in [-0.15, -0.1) is 0 Å². The number of anilines is 1. The summed E-state index contributed by atoms with van der Waals surface area (Å²) in [5.41, 5.74) is 0. The molecule has 2 N–H and O–H groups in total. The largest absolute Gasteiger partial charge is 0.481 e. The van der Waals surface area contributed by atoms with Crippen molar-refractivity contribution in [2.45, 2.75) is 19.9 Å². The van der Waals surface area contributed by atoms with E-state index in [-0.39, 0.29) is 12.5 Å². The third kappa shape index (κ3) is 4.53. The summed E-state index contributed by atoms with van der Waals surface area (Å²) >= 11 is 0. The summed E-state index contributed by atoms with van der Waals surface area (Å²) in [6.45, 7) is 3.29. The van der Waals surface area contributed by atoms with Crippen molar-refractivity contribution in [1.82, 2.24) is 15.3 Å². The Morgan fingerprint density at radius 3 is 2.47 bits per heavy atom. The fourth-order valence-corrected chi connectivity index (χ4v) is 1.41. The van der Waals surface area contributed by atoms with Crippen LogP contribution >= 0.6 is 0 Å². The van der Waals surface area contributed by atoms with Gasteiger partial charge in [-0.25, -0.2) is 9.97 Å². The van der Waals surface area contributed by atoms with Gasteiger partial charge in [0.15, 0.2) is 0 Å². The number of hydrogen-bond donors (Lipinski definition) is 2. The topological polar surface area (TPSA) is 95.4 Å². The van der Waals surface area contributed by atoms with E-state index in [0.717, 1.165) is 0 Å². The highest BCUT2D eigenvalue weighted by atomic mass is 16.4.